The van der Waals surface area contributed by atoms with Gasteiger partial charge in [0.25, 0.3) is 17.4 Å². The Balaban J connectivity index is 2.23. The third kappa shape index (κ3) is 4.34. The number of likely N-dealkylation sites (N-methyl/N-ethyl adjacent to an activating group) is 1. The van der Waals surface area contributed by atoms with E-state index >= 15 is 0 Å². The number of nitro benzene ring substituents is 1. The Morgan fingerprint density at radius 1 is 1.16 bits per heavy atom. The molecule has 162 valence electrons. The molecule has 1 N–H and O–H groups in total. The summed E-state index contributed by atoms with van der Waals surface area (Å²) in [5, 5.41) is 22.5. The number of likely N-dealkylation sites (tertiary alicyclic amines) is 1. The highest BCUT2D eigenvalue weighted by Crippen LogP contribution is 2.40. The highest BCUT2D eigenvalue weighted by molar-refractivity contribution is 6.46. The number of hydrogen-bond acceptors (Lipinski definition) is 6. The van der Waals surface area contributed by atoms with Gasteiger partial charge in [-0.05, 0) is 45.1 Å². The van der Waals surface area contributed by atoms with Crippen LogP contribution in [0.3, 0.4) is 0 Å². The third-order valence-corrected chi connectivity index (χ3v) is 5.37. The van der Waals surface area contributed by atoms with Crippen LogP contribution in [0, 0.1) is 24.0 Å². The normalized spacial score (nSPS) is 18.1. The number of nitrogens with zero attached hydrogens (tertiary/aromatic N) is 3. The summed E-state index contributed by atoms with van der Waals surface area (Å²) in [6, 6.07) is 10.4. The maximum atomic E-state index is 13.0. The number of aliphatic hydroxyl groups is 1. The lowest BCUT2D eigenvalue weighted by atomic mass is 9.93. The Kier molecular flexibility index (Phi) is 6.21. The van der Waals surface area contributed by atoms with Crippen LogP contribution in [0.2, 0.25) is 0 Å². The Morgan fingerprint density at radius 3 is 2.52 bits per heavy atom. The first-order valence-electron chi connectivity index (χ1n) is 9.87. The fourth-order valence-corrected chi connectivity index (χ4v) is 3.71. The summed E-state index contributed by atoms with van der Waals surface area (Å²) in [6.45, 7) is 4.39. The Labute approximate surface area is 180 Å². The molecule has 1 heterocycles. The number of aliphatic hydroxyl groups excluding tert-OH is 1. The van der Waals surface area contributed by atoms with Gasteiger partial charge < -0.3 is 14.9 Å². The highest BCUT2D eigenvalue weighted by atomic mass is 16.6. The first kappa shape index (κ1) is 22.2. The Bertz CT molecular complexity index is 1090. The molecule has 0 aliphatic carbocycles. The van der Waals surface area contributed by atoms with E-state index in [2.05, 4.69) is 0 Å². The molecule has 1 aliphatic rings. The van der Waals surface area contributed by atoms with Gasteiger partial charge >= 0.3 is 0 Å². The van der Waals surface area contributed by atoms with Crippen LogP contribution in [0.15, 0.2) is 48.0 Å². The van der Waals surface area contributed by atoms with Crippen molar-refractivity contribution in [3.8, 4) is 0 Å². The zero-order chi connectivity index (χ0) is 22.9. The zero-order valence-corrected chi connectivity index (χ0v) is 18.0. The SMILES string of the molecule is Cc1ccc(C)c(/C(O)=C2\C(=O)C(=O)N(CCN(C)C)C2c2cccc([N+](=O)[O-])c2)c1. The van der Waals surface area contributed by atoms with E-state index in [0.29, 0.717) is 17.7 Å². The summed E-state index contributed by atoms with van der Waals surface area (Å²) in [5.74, 6) is -1.80. The minimum atomic E-state index is -0.917. The molecule has 1 unspecified atom stereocenters. The molecule has 2 aromatic carbocycles. The van der Waals surface area contributed by atoms with E-state index < -0.39 is 22.7 Å². The minimum Gasteiger partial charge on any atom is -0.507 e. The average molecular weight is 423 g/mol. The van der Waals surface area contributed by atoms with Gasteiger partial charge in [0.05, 0.1) is 16.5 Å². The Morgan fingerprint density at radius 2 is 1.87 bits per heavy atom. The molecule has 8 heteroatoms. The molecule has 1 saturated heterocycles. The summed E-state index contributed by atoms with van der Waals surface area (Å²) in [6.07, 6.45) is 0. The van der Waals surface area contributed by atoms with E-state index in [4.69, 9.17) is 0 Å². The van der Waals surface area contributed by atoms with Crippen molar-refractivity contribution in [2.45, 2.75) is 19.9 Å². The number of nitro groups is 1. The topological polar surface area (TPSA) is 104 Å². The summed E-state index contributed by atoms with van der Waals surface area (Å²) >= 11 is 0. The largest absolute Gasteiger partial charge is 0.507 e. The number of Topliss-reactive ketones (excluding diaryl/α,β-unsaturated/α-hetero) is 1. The molecular weight excluding hydrogens is 398 g/mol. The third-order valence-electron chi connectivity index (χ3n) is 5.37. The molecule has 0 aromatic heterocycles. The maximum absolute atomic E-state index is 13.0. The predicted molar refractivity (Wildman–Crippen MR) is 117 cm³/mol. The molecule has 0 radical (unpaired) electrons. The molecule has 1 atom stereocenters. The second-order valence-corrected chi connectivity index (χ2v) is 7.97. The van der Waals surface area contributed by atoms with E-state index in [1.807, 2.05) is 38.1 Å². The molecule has 1 fully saturated rings. The maximum Gasteiger partial charge on any atom is 0.295 e. The molecule has 1 aliphatic heterocycles. The fraction of sp³-hybridized carbons (Fsp3) is 0.304. The van der Waals surface area contributed by atoms with E-state index in [0.717, 1.165) is 11.1 Å². The van der Waals surface area contributed by atoms with Crippen molar-refractivity contribution < 1.29 is 19.6 Å². The summed E-state index contributed by atoms with van der Waals surface area (Å²) < 4.78 is 0. The van der Waals surface area contributed by atoms with Crippen molar-refractivity contribution in [2.24, 2.45) is 0 Å². The van der Waals surface area contributed by atoms with Crippen molar-refractivity contribution >= 4 is 23.1 Å². The highest BCUT2D eigenvalue weighted by Gasteiger charge is 2.46. The average Bonchev–Trinajstić information content (AvgIpc) is 2.98. The van der Waals surface area contributed by atoms with Crippen LogP contribution in [0.25, 0.3) is 5.76 Å². The molecular formula is C23H25N3O5. The van der Waals surface area contributed by atoms with Gasteiger partial charge in [-0.3, -0.25) is 19.7 Å². The van der Waals surface area contributed by atoms with Crippen molar-refractivity contribution in [3.63, 3.8) is 0 Å². The van der Waals surface area contributed by atoms with Crippen molar-refractivity contribution in [3.05, 3.63) is 80.4 Å². The molecule has 0 saturated carbocycles. The lowest BCUT2D eigenvalue weighted by molar-refractivity contribution is -0.384. The molecule has 31 heavy (non-hydrogen) atoms. The summed E-state index contributed by atoms with van der Waals surface area (Å²) in [5.41, 5.74) is 2.29. The number of non-ortho nitro benzene ring substituents is 1. The zero-order valence-electron chi connectivity index (χ0n) is 18.0. The van der Waals surface area contributed by atoms with Crippen molar-refractivity contribution in [1.82, 2.24) is 9.80 Å². The number of ketones is 1. The summed E-state index contributed by atoms with van der Waals surface area (Å²) in [7, 11) is 3.68. The predicted octanol–water partition coefficient (Wildman–Crippen LogP) is 3.19. The second kappa shape index (κ2) is 8.69. The van der Waals surface area contributed by atoms with Crippen LogP contribution in [0.1, 0.15) is 28.3 Å². The minimum absolute atomic E-state index is 0.0574. The smallest absolute Gasteiger partial charge is 0.295 e. The number of amides is 1. The van der Waals surface area contributed by atoms with Gasteiger partial charge in [-0.15, -0.1) is 0 Å². The molecule has 1 amide bonds. The van der Waals surface area contributed by atoms with Crippen LogP contribution < -0.4 is 0 Å². The van der Waals surface area contributed by atoms with Gasteiger partial charge in [0.1, 0.15) is 5.76 Å². The lowest BCUT2D eigenvalue weighted by Gasteiger charge is -2.26. The van der Waals surface area contributed by atoms with E-state index in [9.17, 15) is 24.8 Å². The molecule has 0 bridgehead atoms. The number of hydrogen-bond donors (Lipinski definition) is 1. The first-order valence-corrected chi connectivity index (χ1v) is 9.87. The standard InChI is InChI=1S/C23H25N3O5/c1-14-8-9-15(2)18(12-14)21(27)19-20(16-6-5-7-17(13-16)26(30)31)25(11-10-24(3)4)23(29)22(19)28/h5-9,12-13,20,27H,10-11H2,1-4H3/b21-19+. The van der Waals surface area contributed by atoms with Crippen molar-refractivity contribution in [2.75, 3.05) is 27.2 Å². The first-order chi connectivity index (χ1) is 14.6. The van der Waals surface area contributed by atoms with Crippen LogP contribution in [-0.4, -0.2) is 58.7 Å². The number of benzene rings is 2. The van der Waals surface area contributed by atoms with Gasteiger partial charge in [0, 0.05) is 30.8 Å². The van der Waals surface area contributed by atoms with E-state index in [1.54, 1.807) is 19.1 Å². The van der Waals surface area contributed by atoms with Crippen LogP contribution in [0.5, 0.6) is 0 Å². The number of rotatable bonds is 6. The monoisotopic (exact) mass is 423 g/mol. The van der Waals surface area contributed by atoms with Gasteiger partial charge in [-0.2, -0.15) is 0 Å². The van der Waals surface area contributed by atoms with Gasteiger partial charge in [-0.25, -0.2) is 0 Å². The molecule has 8 nitrogen and oxygen atoms in total. The van der Waals surface area contributed by atoms with Gasteiger partial charge in [-0.1, -0.05) is 29.8 Å². The number of aryl methyl sites for hydroxylation is 2. The molecule has 3 rings (SSSR count). The van der Waals surface area contributed by atoms with E-state index in [-0.39, 0.29) is 23.6 Å². The van der Waals surface area contributed by atoms with Crippen LogP contribution >= 0.6 is 0 Å². The quantitative estimate of drug-likeness (QED) is 0.252. The van der Waals surface area contributed by atoms with Crippen LogP contribution in [0.4, 0.5) is 5.69 Å². The Hall–Kier alpha value is -3.52. The number of carbonyl (C=O) groups excluding carboxylic acids is 2. The number of carbonyl (C=O) groups is 2. The van der Waals surface area contributed by atoms with Gasteiger partial charge in [0.15, 0.2) is 0 Å². The molecule has 0 spiro atoms. The van der Waals surface area contributed by atoms with Crippen LogP contribution in [-0.2, 0) is 9.59 Å². The fourth-order valence-electron chi connectivity index (χ4n) is 3.71. The lowest BCUT2D eigenvalue weighted by Crippen LogP contribution is -2.35. The van der Waals surface area contributed by atoms with Crippen molar-refractivity contribution in [1.29, 1.82) is 0 Å². The molecule has 2 aromatic rings. The van der Waals surface area contributed by atoms with E-state index in [1.165, 1.54) is 23.1 Å². The second-order valence-electron chi connectivity index (χ2n) is 7.97. The summed E-state index contributed by atoms with van der Waals surface area (Å²) in [4.78, 5) is 39.9. The van der Waals surface area contributed by atoms with Gasteiger partial charge in [0.2, 0.25) is 0 Å².